The van der Waals surface area contributed by atoms with Crippen LogP contribution >= 0.6 is 11.6 Å². The van der Waals surface area contributed by atoms with Crippen LogP contribution in [0.2, 0.25) is 5.02 Å². The number of ether oxygens (including phenoxy) is 1. The molecule has 126 valence electrons. The average molecular weight is 366 g/mol. The van der Waals surface area contributed by atoms with Gasteiger partial charge in [-0.05, 0) is 42.7 Å². The second-order valence-corrected chi connectivity index (χ2v) is 7.64. The average Bonchev–Trinajstić information content (AvgIpc) is 2.60. The van der Waals surface area contributed by atoms with E-state index in [4.69, 9.17) is 16.3 Å². The van der Waals surface area contributed by atoms with Crippen LogP contribution in [0.5, 0.6) is 0 Å². The normalized spacial score (nSPS) is 14.2. The fourth-order valence-corrected chi connectivity index (χ4v) is 4.94. The molecule has 0 bridgehead atoms. The van der Waals surface area contributed by atoms with Gasteiger partial charge in [0.15, 0.2) is 0 Å². The third-order valence-corrected chi connectivity index (χ3v) is 6.33. The molecule has 0 fully saturated rings. The highest BCUT2D eigenvalue weighted by Crippen LogP contribution is 2.35. The monoisotopic (exact) mass is 365 g/mol. The Bertz CT molecular complexity index is 895. The van der Waals surface area contributed by atoms with Crippen LogP contribution in [0.15, 0.2) is 47.4 Å². The smallest absolute Gasteiger partial charge is 0.338 e. The Morgan fingerprint density at radius 3 is 2.62 bits per heavy atom. The van der Waals surface area contributed by atoms with Crippen molar-refractivity contribution in [1.29, 1.82) is 0 Å². The van der Waals surface area contributed by atoms with Gasteiger partial charge in [0.1, 0.15) is 4.90 Å². The van der Waals surface area contributed by atoms with Gasteiger partial charge in [-0.25, -0.2) is 13.2 Å². The zero-order valence-corrected chi connectivity index (χ0v) is 14.6. The summed E-state index contributed by atoms with van der Waals surface area (Å²) in [6.45, 7) is 0.338. The topological polar surface area (TPSA) is 63.7 Å². The largest absolute Gasteiger partial charge is 0.465 e. The summed E-state index contributed by atoms with van der Waals surface area (Å²) >= 11 is 6.08. The van der Waals surface area contributed by atoms with Crippen molar-refractivity contribution in [3.05, 3.63) is 58.6 Å². The van der Waals surface area contributed by atoms with Crippen molar-refractivity contribution in [2.24, 2.45) is 0 Å². The van der Waals surface area contributed by atoms with Crippen molar-refractivity contribution in [3.63, 3.8) is 0 Å². The Morgan fingerprint density at radius 1 is 1.17 bits per heavy atom. The molecule has 0 saturated carbocycles. The number of sulfonamides is 1. The Labute approximate surface area is 145 Å². The van der Waals surface area contributed by atoms with E-state index in [0.717, 1.165) is 0 Å². The van der Waals surface area contributed by atoms with Gasteiger partial charge in [0, 0.05) is 6.54 Å². The van der Waals surface area contributed by atoms with Gasteiger partial charge < -0.3 is 4.74 Å². The van der Waals surface area contributed by atoms with Crippen LogP contribution in [0.25, 0.3) is 0 Å². The fourth-order valence-electron chi connectivity index (χ4n) is 2.91. The number of fused-ring (bicyclic) bond motifs is 1. The lowest BCUT2D eigenvalue weighted by atomic mass is 9.98. The van der Waals surface area contributed by atoms with Gasteiger partial charge in [-0.1, -0.05) is 29.8 Å². The van der Waals surface area contributed by atoms with Gasteiger partial charge in [0.2, 0.25) is 0 Å². The molecular formula is C17H16ClNO4S. The molecule has 3 rings (SSSR count). The molecule has 24 heavy (non-hydrogen) atoms. The molecule has 0 spiro atoms. The molecule has 0 radical (unpaired) electrons. The Kier molecular flexibility index (Phi) is 4.51. The number of nitrogens with zero attached hydrogens (tertiary/aromatic N) is 1. The van der Waals surface area contributed by atoms with E-state index in [9.17, 15) is 13.2 Å². The number of rotatable bonds is 3. The maximum absolute atomic E-state index is 13.0. The summed E-state index contributed by atoms with van der Waals surface area (Å²) < 4.78 is 32.2. The van der Waals surface area contributed by atoms with E-state index in [2.05, 4.69) is 0 Å². The lowest BCUT2D eigenvalue weighted by molar-refractivity contribution is 0.0599. The number of hydrogen-bond acceptors (Lipinski definition) is 4. The molecule has 2 aromatic carbocycles. The van der Waals surface area contributed by atoms with Crippen LogP contribution in [0, 0.1) is 0 Å². The van der Waals surface area contributed by atoms with Crippen LogP contribution < -0.4 is 4.31 Å². The second-order valence-electron chi connectivity index (χ2n) is 5.41. The molecule has 0 unspecified atom stereocenters. The maximum atomic E-state index is 13.0. The predicted octanol–water partition coefficient (Wildman–Crippen LogP) is 3.27. The number of carbonyl (C=O) groups excluding carboxylic acids is 1. The van der Waals surface area contributed by atoms with E-state index in [1.54, 1.807) is 36.4 Å². The number of carbonyl (C=O) groups is 1. The van der Waals surface area contributed by atoms with Crippen molar-refractivity contribution in [2.75, 3.05) is 18.0 Å². The summed E-state index contributed by atoms with van der Waals surface area (Å²) in [5, 5.41) is 0.175. The standard InChI is InChI=1S/C17H16ClNO4S/c1-23-17(20)13-6-4-9-15-12(13)7-5-11-19(15)24(21,22)16-10-3-2-8-14(16)18/h2-4,6,8-10H,5,7,11H2,1H3. The molecule has 2 aromatic rings. The third kappa shape index (κ3) is 2.76. The van der Waals surface area contributed by atoms with Gasteiger partial charge in [-0.2, -0.15) is 0 Å². The zero-order valence-electron chi connectivity index (χ0n) is 13.0. The fraction of sp³-hybridized carbons (Fsp3) is 0.235. The molecule has 5 nitrogen and oxygen atoms in total. The van der Waals surface area contributed by atoms with Gasteiger partial charge in [-0.3, -0.25) is 4.31 Å². The number of halogens is 1. The summed E-state index contributed by atoms with van der Waals surface area (Å²) in [5.74, 6) is -0.469. The highest BCUT2D eigenvalue weighted by molar-refractivity contribution is 7.93. The minimum absolute atomic E-state index is 0.0583. The van der Waals surface area contributed by atoms with Crippen molar-refractivity contribution in [3.8, 4) is 0 Å². The van der Waals surface area contributed by atoms with Crippen molar-refractivity contribution < 1.29 is 17.9 Å². The van der Waals surface area contributed by atoms with Gasteiger partial charge in [-0.15, -0.1) is 0 Å². The summed E-state index contributed by atoms with van der Waals surface area (Å²) in [5.41, 5.74) is 1.59. The van der Waals surface area contributed by atoms with Crippen molar-refractivity contribution in [1.82, 2.24) is 0 Å². The Morgan fingerprint density at radius 2 is 1.92 bits per heavy atom. The predicted molar refractivity (Wildman–Crippen MR) is 92.1 cm³/mol. The van der Waals surface area contributed by atoms with Gasteiger partial charge in [0.25, 0.3) is 10.0 Å². The molecule has 0 aromatic heterocycles. The Balaban J connectivity index is 2.14. The quantitative estimate of drug-likeness (QED) is 0.783. The number of benzene rings is 2. The summed E-state index contributed by atoms with van der Waals surface area (Å²) in [4.78, 5) is 12.0. The highest BCUT2D eigenvalue weighted by atomic mass is 35.5. The molecule has 1 heterocycles. The molecule has 0 saturated heterocycles. The third-order valence-electron chi connectivity index (χ3n) is 4.02. The molecule has 0 atom stereocenters. The number of methoxy groups -OCH3 is 1. The zero-order chi connectivity index (χ0) is 17.3. The van der Waals surface area contributed by atoms with E-state index in [0.29, 0.717) is 36.2 Å². The van der Waals surface area contributed by atoms with E-state index in [1.165, 1.54) is 17.5 Å². The molecule has 1 aliphatic heterocycles. The van der Waals surface area contributed by atoms with Crippen LogP contribution in [0.1, 0.15) is 22.3 Å². The van der Waals surface area contributed by atoms with Crippen LogP contribution in [-0.4, -0.2) is 28.0 Å². The number of hydrogen-bond donors (Lipinski definition) is 0. The number of esters is 1. The molecule has 1 aliphatic rings. The SMILES string of the molecule is COC(=O)c1cccc2c1CCCN2S(=O)(=O)c1ccccc1Cl. The molecule has 7 heteroatoms. The second kappa shape index (κ2) is 6.45. The van der Waals surface area contributed by atoms with Gasteiger partial charge >= 0.3 is 5.97 Å². The number of anilines is 1. The molecule has 0 N–H and O–H groups in total. The molecule has 0 amide bonds. The first kappa shape index (κ1) is 16.8. The lowest BCUT2D eigenvalue weighted by Crippen LogP contribution is -2.36. The van der Waals surface area contributed by atoms with Crippen LogP contribution in [0.3, 0.4) is 0 Å². The molecular weight excluding hydrogens is 350 g/mol. The van der Waals surface area contributed by atoms with E-state index in [-0.39, 0.29) is 9.92 Å². The van der Waals surface area contributed by atoms with Crippen molar-refractivity contribution >= 4 is 33.3 Å². The Hall–Kier alpha value is -2.05. The van der Waals surface area contributed by atoms with E-state index >= 15 is 0 Å². The minimum Gasteiger partial charge on any atom is -0.465 e. The maximum Gasteiger partial charge on any atom is 0.338 e. The first-order valence-corrected chi connectivity index (χ1v) is 9.26. The van der Waals surface area contributed by atoms with Crippen molar-refractivity contribution in [2.45, 2.75) is 17.7 Å². The first-order chi connectivity index (χ1) is 11.5. The highest BCUT2D eigenvalue weighted by Gasteiger charge is 2.32. The van der Waals surface area contributed by atoms with E-state index < -0.39 is 16.0 Å². The van der Waals surface area contributed by atoms with Crippen LogP contribution in [-0.2, 0) is 21.2 Å². The lowest BCUT2D eigenvalue weighted by Gasteiger charge is -2.31. The minimum atomic E-state index is -3.81. The summed E-state index contributed by atoms with van der Waals surface area (Å²) in [6.07, 6.45) is 1.24. The summed E-state index contributed by atoms with van der Waals surface area (Å²) in [6, 6.07) is 11.4. The summed E-state index contributed by atoms with van der Waals surface area (Å²) in [7, 11) is -2.50. The van der Waals surface area contributed by atoms with Gasteiger partial charge in [0.05, 0.1) is 23.4 Å². The van der Waals surface area contributed by atoms with E-state index in [1.807, 2.05) is 0 Å². The molecule has 0 aliphatic carbocycles. The van der Waals surface area contributed by atoms with Crippen LogP contribution in [0.4, 0.5) is 5.69 Å². The first-order valence-electron chi connectivity index (χ1n) is 7.44.